The number of carbonyl (C=O) groups excluding carboxylic acids is 2. The fourth-order valence-electron chi connectivity index (χ4n) is 1.29. The van der Waals surface area contributed by atoms with Gasteiger partial charge in [-0.1, -0.05) is 30.1 Å². The molecule has 0 aliphatic rings. The largest absolute Gasteiger partial charge is 0.482 e. The van der Waals surface area contributed by atoms with Crippen molar-refractivity contribution in [2.75, 3.05) is 19.7 Å². The average molecular weight is 319 g/mol. The van der Waals surface area contributed by atoms with Crippen LogP contribution in [0.5, 0.6) is 5.75 Å². The highest BCUT2D eigenvalue weighted by Crippen LogP contribution is 2.27. The minimum Gasteiger partial charge on any atom is -0.482 e. The summed E-state index contributed by atoms with van der Waals surface area (Å²) in [6, 6.07) is 4.72. The molecule has 0 unspecified atom stereocenters. The van der Waals surface area contributed by atoms with Crippen LogP contribution in [0.25, 0.3) is 0 Å². The monoisotopic (exact) mass is 318 g/mol. The maximum Gasteiger partial charge on any atom is 0.258 e. The normalized spacial score (nSPS) is 9.95. The number of carbonyl (C=O) groups is 2. The van der Waals surface area contributed by atoms with Crippen molar-refractivity contribution in [1.29, 1.82) is 0 Å². The van der Waals surface area contributed by atoms with E-state index in [4.69, 9.17) is 27.9 Å². The van der Waals surface area contributed by atoms with Crippen LogP contribution >= 0.6 is 23.2 Å². The fraction of sp³-hybridized carbons (Fsp3) is 0.385. The Kier molecular flexibility index (Phi) is 7.18. The molecule has 0 bridgehead atoms. The molecule has 20 heavy (non-hydrogen) atoms. The van der Waals surface area contributed by atoms with Crippen molar-refractivity contribution < 1.29 is 14.3 Å². The van der Waals surface area contributed by atoms with Crippen LogP contribution in [-0.2, 0) is 9.59 Å². The molecule has 1 rings (SSSR count). The molecule has 7 heteroatoms. The maximum atomic E-state index is 11.5. The van der Waals surface area contributed by atoms with E-state index in [1.807, 2.05) is 6.92 Å². The second kappa shape index (κ2) is 8.66. The molecular weight excluding hydrogens is 303 g/mol. The van der Waals surface area contributed by atoms with Gasteiger partial charge in [0.25, 0.3) is 5.91 Å². The highest BCUT2D eigenvalue weighted by atomic mass is 35.5. The number of hydrogen-bond acceptors (Lipinski definition) is 3. The Morgan fingerprint density at radius 3 is 2.65 bits per heavy atom. The van der Waals surface area contributed by atoms with Gasteiger partial charge in [0.05, 0.1) is 11.6 Å². The van der Waals surface area contributed by atoms with E-state index in [-0.39, 0.29) is 19.1 Å². The van der Waals surface area contributed by atoms with Crippen LogP contribution in [0.1, 0.15) is 13.3 Å². The molecule has 0 atom stereocenters. The summed E-state index contributed by atoms with van der Waals surface area (Å²) in [5, 5.41) is 5.91. The number of ether oxygens (including phenoxy) is 1. The van der Waals surface area contributed by atoms with Crippen molar-refractivity contribution in [3.8, 4) is 5.75 Å². The van der Waals surface area contributed by atoms with Crippen LogP contribution in [0.2, 0.25) is 10.0 Å². The highest BCUT2D eigenvalue weighted by Gasteiger charge is 2.08. The molecule has 2 N–H and O–H groups in total. The van der Waals surface area contributed by atoms with Gasteiger partial charge in [-0.3, -0.25) is 9.59 Å². The third-order valence-electron chi connectivity index (χ3n) is 2.27. The molecule has 5 nitrogen and oxygen atoms in total. The van der Waals surface area contributed by atoms with Crippen molar-refractivity contribution in [3.05, 3.63) is 28.2 Å². The van der Waals surface area contributed by atoms with Crippen molar-refractivity contribution in [3.63, 3.8) is 0 Å². The smallest absolute Gasteiger partial charge is 0.258 e. The van der Waals surface area contributed by atoms with E-state index in [1.54, 1.807) is 12.1 Å². The van der Waals surface area contributed by atoms with Gasteiger partial charge in [0, 0.05) is 17.6 Å². The molecule has 2 amide bonds. The Bertz CT molecular complexity index is 481. The number of benzene rings is 1. The first kappa shape index (κ1) is 16.6. The molecular formula is C13H16Cl2N2O3. The van der Waals surface area contributed by atoms with Gasteiger partial charge in [-0.25, -0.2) is 0 Å². The molecule has 0 aliphatic carbocycles. The molecule has 0 spiro atoms. The van der Waals surface area contributed by atoms with Crippen molar-refractivity contribution in [2.45, 2.75) is 13.3 Å². The van der Waals surface area contributed by atoms with Crippen LogP contribution in [0, 0.1) is 0 Å². The lowest BCUT2D eigenvalue weighted by atomic mass is 10.3. The van der Waals surface area contributed by atoms with Gasteiger partial charge in [-0.05, 0) is 18.6 Å². The van der Waals surface area contributed by atoms with Crippen LogP contribution in [0.3, 0.4) is 0 Å². The summed E-state index contributed by atoms with van der Waals surface area (Å²) in [5.41, 5.74) is 0. The summed E-state index contributed by atoms with van der Waals surface area (Å²) in [7, 11) is 0. The quantitative estimate of drug-likeness (QED) is 0.808. The minimum absolute atomic E-state index is 0.0779. The van der Waals surface area contributed by atoms with Crippen LogP contribution in [0.4, 0.5) is 0 Å². The average Bonchev–Trinajstić information content (AvgIpc) is 2.43. The lowest BCUT2D eigenvalue weighted by Crippen LogP contribution is -2.39. The molecule has 0 radical (unpaired) electrons. The zero-order chi connectivity index (χ0) is 15.0. The van der Waals surface area contributed by atoms with Crippen molar-refractivity contribution >= 4 is 35.0 Å². The molecule has 0 fully saturated rings. The number of rotatable bonds is 7. The highest BCUT2D eigenvalue weighted by molar-refractivity contribution is 6.34. The molecule has 1 aromatic rings. The second-order valence-corrected chi connectivity index (χ2v) is 4.83. The van der Waals surface area contributed by atoms with Crippen molar-refractivity contribution in [2.24, 2.45) is 0 Å². The van der Waals surface area contributed by atoms with E-state index in [0.717, 1.165) is 6.42 Å². The summed E-state index contributed by atoms with van der Waals surface area (Å²) in [4.78, 5) is 22.8. The topological polar surface area (TPSA) is 67.4 Å². The van der Waals surface area contributed by atoms with E-state index < -0.39 is 5.91 Å². The lowest BCUT2D eigenvalue weighted by Gasteiger charge is -2.09. The van der Waals surface area contributed by atoms with Gasteiger partial charge in [0.1, 0.15) is 5.75 Å². The van der Waals surface area contributed by atoms with Crippen molar-refractivity contribution in [1.82, 2.24) is 10.6 Å². The summed E-state index contributed by atoms with van der Waals surface area (Å²) in [6.07, 6.45) is 0.843. The van der Waals surface area contributed by atoms with Gasteiger partial charge in [-0.2, -0.15) is 0 Å². The molecule has 110 valence electrons. The third kappa shape index (κ3) is 6.12. The predicted molar refractivity (Wildman–Crippen MR) is 78.3 cm³/mol. The lowest BCUT2D eigenvalue weighted by molar-refractivity contribution is -0.127. The SMILES string of the molecule is CCCNC(=O)CNC(=O)COc1cc(Cl)ccc1Cl. The summed E-state index contributed by atoms with van der Waals surface area (Å²) < 4.78 is 5.23. The zero-order valence-corrected chi connectivity index (χ0v) is 12.6. The Hall–Kier alpha value is -1.46. The van der Waals surface area contributed by atoms with Gasteiger partial charge in [0.2, 0.25) is 5.91 Å². The molecule has 0 saturated carbocycles. The Balaban J connectivity index is 2.33. The summed E-state index contributed by atoms with van der Waals surface area (Å²) >= 11 is 11.7. The summed E-state index contributed by atoms with van der Waals surface area (Å²) in [5.74, 6) is -0.321. The molecule has 0 aromatic heterocycles. The molecule has 1 aromatic carbocycles. The van der Waals surface area contributed by atoms with Crippen LogP contribution in [0.15, 0.2) is 18.2 Å². The predicted octanol–water partition coefficient (Wildman–Crippen LogP) is 2.01. The van der Waals surface area contributed by atoms with Gasteiger partial charge < -0.3 is 15.4 Å². The van der Waals surface area contributed by atoms with E-state index in [1.165, 1.54) is 6.07 Å². The van der Waals surface area contributed by atoms with Crippen LogP contribution in [-0.4, -0.2) is 31.5 Å². The van der Waals surface area contributed by atoms with Gasteiger partial charge >= 0.3 is 0 Å². The first-order valence-electron chi connectivity index (χ1n) is 6.14. The molecule has 0 heterocycles. The maximum absolute atomic E-state index is 11.5. The van der Waals surface area contributed by atoms with E-state index in [9.17, 15) is 9.59 Å². The first-order valence-corrected chi connectivity index (χ1v) is 6.89. The number of hydrogen-bond donors (Lipinski definition) is 2. The standard InChI is InChI=1S/C13H16Cl2N2O3/c1-2-5-16-12(18)7-17-13(19)8-20-11-6-9(14)3-4-10(11)15/h3-4,6H,2,5,7-8H2,1H3,(H,16,18)(H,17,19). The van der Waals surface area contributed by atoms with E-state index >= 15 is 0 Å². The Morgan fingerprint density at radius 1 is 1.20 bits per heavy atom. The second-order valence-electron chi connectivity index (χ2n) is 3.99. The van der Waals surface area contributed by atoms with Gasteiger partial charge in [0.15, 0.2) is 6.61 Å². The summed E-state index contributed by atoms with van der Waals surface area (Å²) in [6.45, 7) is 2.22. The number of amides is 2. The Labute approximate surface area is 127 Å². The van der Waals surface area contributed by atoms with E-state index in [0.29, 0.717) is 22.3 Å². The fourth-order valence-corrected chi connectivity index (χ4v) is 1.62. The molecule has 0 aliphatic heterocycles. The van der Waals surface area contributed by atoms with Gasteiger partial charge in [-0.15, -0.1) is 0 Å². The third-order valence-corrected chi connectivity index (χ3v) is 2.82. The number of nitrogens with one attached hydrogen (secondary N) is 2. The van der Waals surface area contributed by atoms with E-state index in [2.05, 4.69) is 10.6 Å². The first-order chi connectivity index (χ1) is 9.52. The molecule has 0 saturated heterocycles. The van der Waals surface area contributed by atoms with Crippen LogP contribution < -0.4 is 15.4 Å². The Morgan fingerprint density at radius 2 is 1.95 bits per heavy atom. The minimum atomic E-state index is -0.410. The zero-order valence-electron chi connectivity index (χ0n) is 11.0. The number of halogens is 2.